The minimum Gasteiger partial charge on any atom is -0.360 e. The number of thioether (sulfide) groups is 1. The number of amides is 1. The molecule has 2 aromatic heterocycles. The minimum atomic E-state index is -0.356. The Morgan fingerprint density at radius 3 is 2.96 bits per heavy atom. The number of nitrogens with two attached hydrogens (primary N) is 1. The lowest BCUT2D eigenvalue weighted by molar-refractivity contribution is -0.113. The molecule has 0 bridgehead atoms. The molecule has 0 saturated heterocycles. The number of nitrogen functional groups attached to an aromatic ring is 1. The van der Waals surface area contributed by atoms with E-state index in [-0.39, 0.29) is 22.4 Å². The number of fused-ring (bicyclic) bond motifs is 1. The van der Waals surface area contributed by atoms with Gasteiger partial charge in [-0.1, -0.05) is 29.1 Å². The number of aromatic nitrogens is 3. The van der Waals surface area contributed by atoms with Crippen molar-refractivity contribution < 1.29 is 9.32 Å². The molecule has 3 N–H and O–H groups in total. The maximum atomic E-state index is 12.1. The van der Waals surface area contributed by atoms with E-state index < -0.39 is 0 Å². The summed E-state index contributed by atoms with van der Waals surface area (Å²) < 4.78 is 5.81. The summed E-state index contributed by atoms with van der Waals surface area (Å²) in [5.41, 5.74) is 0.180. The molecule has 3 rings (SSSR count). The number of hydrogen-bond donors (Lipinski definition) is 2. The maximum Gasteiger partial charge on any atom is 0.280 e. The van der Waals surface area contributed by atoms with Crippen molar-refractivity contribution in [1.82, 2.24) is 14.8 Å². The summed E-state index contributed by atoms with van der Waals surface area (Å²) in [6, 6.07) is 8.51. The molecule has 0 aliphatic rings. The van der Waals surface area contributed by atoms with Gasteiger partial charge in [-0.25, -0.2) is 9.66 Å². The zero-order valence-corrected chi connectivity index (χ0v) is 13.0. The Bertz CT molecular complexity index is 934. The molecule has 0 aliphatic heterocycles. The van der Waals surface area contributed by atoms with Gasteiger partial charge in [-0.15, -0.1) is 0 Å². The van der Waals surface area contributed by atoms with Crippen LogP contribution in [-0.2, 0) is 4.79 Å². The first-order valence-corrected chi connectivity index (χ1v) is 7.66. The van der Waals surface area contributed by atoms with E-state index in [1.165, 1.54) is 0 Å². The van der Waals surface area contributed by atoms with Crippen LogP contribution in [0.2, 0.25) is 0 Å². The molecular formula is C14H13N5O3S. The van der Waals surface area contributed by atoms with Crippen LogP contribution in [0.1, 0.15) is 5.76 Å². The van der Waals surface area contributed by atoms with Gasteiger partial charge in [0.05, 0.1) is 16.7 Å². The van der Waals surface area contributed by atoms with E-state index in [1.807, 2.05) is 0 Å². The zero-order chi connectivity index (χ0) is 16.4. The van der Waals surface area contributed by atoms with Crippen molar-refractivity contribution in [2.24, 2.45) is 0 Å². The van der Waals surface area contributed by atoms with Gasteiger partial charge in [0, 0.05) is 6.07 Å². The quantitative estimate of drug-likeness (QED) is 0.418. The van der Waals surface area contributed by atoms with Gasteiger partial charge in [0.1, 0.15) is 5.76 Å². The Labute approximate surface area is 134 Å². The first-order valence-electron chi connectivity index (χ1n) is 6.67. The average Bonchev–Trinajstić information content (AvgIpc) is 2.94. The second kappa shape index (κ2) is 6.13. The summed E-state index contributed by atoms with van der Waals surface area (Å²) in [6.45, 7) is 1.73. The number of para-hydroxylation sites is 1. The minimum absolute atomic E-state index is 0.0356. The van der Waals surface area contributed by atoms with E-state index >= 15 is 0 Å². The number of rotatable bonds is 4. The fourth-order valence-electron chi connectivity index (χ4n) is 1.96. The van der Waals surface area contributed by atoms with E-state index in [0.29, 0.717) is 22.5 Å². The molecular weight excluding hydrogens is 318 g/mol. The molecule has 1 amide bonds. The lowest BCUT2D eigenvalue weighted by atomic mass is 10.2. The van der Waals surface area contributed by atoms with Gasteiger partial charge < -0.3 is 15.7 Å². The highest BCUT2D eigenvalue weighted by atomic mass is 32.2. The summed E-state index contributed by atoms with van der Waals surface area (Å²) in [5, 5.41) is 6.95. The standard InChI is InChI=1S/C14H13N5O3S/c1-8-6-11(18-22-8)17-12(20)7-23-14-16-10-5-3-2-4-9(10)13(21)19(14)15/h2-6H,7,15H2,1H3,(H,17,18,20). The Hall–Kier alpha value is -2.81. The summed E-state index contributed by atoms with van der Waals surface area (Å²) in [6.07, 6.45) is 0. The third-order valence-electron chi connectivity index (χ3n) is 3.00. The number of hydrogen-bond acceptors (Lipinski definition) is 7. The molecule has 0 fully saturated rings. The Morgan fingerprint density at radius 2 is 2.22 bits per heavy atom. The Morgan fingerprint density at radius 1 is 1.43 bits per heavy atom. The first-order chi connectivity index (χ1) is 11.0. The smallest absolute Gasteiger partial charge is 0.280 e. The molecule has 0 aliphatic carbocycles. The van der Waals surface area contributed by atoms with Gasteiger partial charge in [-0.3, -0.25) is 9.59 Å². The second-order valence-electron chi connectivity index (χ2n) is 4.75. The van der Waals surface area contributed by atoms with Crippen LogP contribution in [0.25, 0.3) is 10.9 Å². The fourth-order valence-corrected chi connectivity index (χ4v) is 2.68. The number of nitrogens with one attached hydrogen (secondary N) is 1. The summed E-state index contributed by atoms with van der Waals surface area (Å²) in [4.78, 5) is 28.3. The molecule has 0 spiro atoms. The lowest BCUT2D eigenvalue weighted by Gasteiger charge is -2.07. The number of carbonyl (C=O) groups is 1. The van der Waals surface area contributed by atoms with Crippen molar-refractivity contribution in [2.45, 2.75) is 12.1 Å². The van der Waals surface area contributed by atoms with E-state index in [4.69, 9.17) is 10.4 Å². The average molecular weight is 331 g/mol. The SMILES string of the molecule is Cc1cc(NC(=O)CSc2nc3ccccc3c(=O)n2N)no1. The summed E-state index contributed by atoms with van der Waals surface area (Å²) in [5.74, 6) is 6.42. The molecule has 2 heterocycles. The Balaban J connectivity index is 1.75. The van der Waals surface area contributed by atoms with Gasteiger partial charge in [-0.2, -0.15) is 0 Å². The number of aryl methyl sites for hydroxylation is 1. The van der Waals surface area contributed by atoms with Gasteiger partial charge in [0.15, 0.2) is 11.0 Å². The van der Waals surface area contributed by atoms with Crippen LogP contribution in [0, 0.1) is 6.92 Å². The van der Waals surface area contributed by atoms with Crippen molar-refractivity contribution in [3.63, 3.8) is 0 Å². The van der Waals surface area contributed by atoms with Crippen molar-refractivity contribution >= 4 is 34.4 Å². The molecule has 23 heavy (non-hydrogen) atoms. The van der Waals surface area contributed by atoms with Crippen LogP contribution < -0.4 is 16.7 Å². The monoisotopic (exact) mass is 331 g/mol. The predicted molar refractivity (Wildman–Crippen MR) is 86.7 cm³/mol. The maximum absolute atomic E-state index is 12.1. The van der Waals surface area contributed by atoms with Crippen LogP contribution in [0.5, 0.6) is 0 Å². The van der Waals surface area contributed by atoms with E-state index in [9.17, 15) is 9.59 Å². The highest BCUT2D eigenvalue weighted by Crippen LogP contribution is 2.16. The molecule has 0 saturated carbocycles. The number of benzene rings is 1. The number of carbonyl (C=O) groups excluding carboxylic acids is 1. The molecule has 8 nitrogen and oxygen atoms in total. The summed E-state index contributed by atoms with van der Waals surface area (Å²) in [7, 11) is 0. The van der Waals surface area contributed by atoms with Crippen LogP contribution in [0.3, 0.4) is 0 Å². The topological polar surface area (TPSA) is 116 Å². The van der Waals surface area contributed by atoms with Gasteiger partial charge in [0.25, 0.3) is 5.56 Å². The van der Waals surface area contributed by atoms with E-state index in [0.717, 1.165) is 16.4 Å². The van der Waals surface area contributed by atoms with Crippen molar-refractivity contribution in [1.29, 1.82) is 0 Å². The van der Waals surface area contributed by atoms with Crippen molar-refractivity contribution in [3.8, 4) is 0 Å². The van der Waals surface area contributed by atoms with Crippen LogP contribution in [-0.4, -0.2) is 26.5 Å². The zero-order valence-electron chi connectivity index (χ0n) is 12.1. The number of nitrogens with zero attached hydrogens (tertiary/aromatic N) is 3. The molecule has 1 aromatic carbocycles. The lowest BCUT2D eigenvalue weighted by Crippen LogP contribution is -2.30. The molecule has 0 unspecified atom stereocenters. The third kappa shape index (κ3) is 3.19. The summed E-state index contributed by atoms with van der Waals surface area (Å²) >= 11 is 1.07. The highest BCUT2D eigenvalue weighted by molar-refractivity contribution is 7.99. The Kier molecular flexibility index (Phi) is 4.02. The van der Waals surface area contributed by atoms with Crippen molar-refractivity contribution in [2.75, 3.05) is 16.9 Å². The molecule has 0 radical (unpaired) electrons. The van der Waals surface area contributed by atoms with Crippen LogP contribution in [0.4, 0.5) is 5.82 Å². The first kappa shape index (κ1) is 15.1. The van der Waals surface area contributed by atoms with E-state index in [2.05, 4.69) is 15.5 Å². The molecule has 0 atom stereocenters. The normalized spacial score (nSPS) is 10.8. The third-order valence-corrected chi connectivity index (χ3v) is 3.96. The molecule has 118 valence electrons. The van der Waals surface area contributed by atoms with Crippen LogP contribution >= 0.6 is 11.8 Å². The van der Waals surface area contributed by atoms with E-state index in [1.54, 1.807) is 37.3 Å². The van der Waals surface area contributed by atoms with Gasteiger partial charge in [0.2, 0.25) is 5.91 Å². The molecule has 9 heteroatoms. The van der Waals surface area contributed by atoms with Gasteiger partial charge >= 0.3 is 0 Å². The fraction of sp³-hybridized carbons (Fsp3) is 0.143. The number of anilines is 1. The second-order valence-corrected chi connectivity index (χ2v) is 5.69. The molecule has 3 aromatic rings. The van der Waals surface area contributed by atoms with Crippen LogP contribution in [0.15, 0.2) is 44.8 Å². The largest absolute Gasteiger partial charge is 0.360 e. The van der Waals surface area contributed by atoms with Crippen molar-refractivity contribution in [3.05, 3.63) is 46.4 Å². The predicted octanol–water partition coefficient (Wildman–Crippen LogP) is 1.14. The highest BCUT2D eigenvalue weighted by Gasteiger charge is 2.12. The van der Waals surface area contributed by atoms with Gasteiger partial charge in [-0.05, 0) is 19.1 Å².